The van der Waals surface area contributed by atoms with Crippen LogP contribution in [0.3, 0.4) is 0 Å². The predicted molar refractivity (Wildman–Crippen MR) is 107 cm³/mol. The highest BCUT2D eigenvalue weighted by atomic mass is 16.5. The molecule has 0 fully saturated rings. The standard InChI is InChI=1S/C23H25NO3/c1-16(23(17(2)25)21-9-6-14-24-21)22(26)15-27-20-12-10-19(11-13-20)18-7-4-3-5-8-18/h3-14,16,22-24,26H,15H2,1-2H3. The fraction of sp³-hybridized carbons (Fsp3) is 0.261. The second kappa shape index (κ2) is 8.69. The van der Waals surface area contributed by atoms with E-state index in [2.05, 4.69) is 17.1 Å². The number of hydrogen-bond acceptors (Lipinski definition) is 3. The third-order valence-electron chi connectivity index (χ3n) is 4.91. The van der Waals surface area contributed by atoms with E-state index in [4.69, 9.17) is 4.74 Å². The normalized spacial score (nSPS) is 14.3. The van der Waals surface area contributed by atoms with Gasteiger partial charge in [-0.1, -0.05) is 49.4 Å². The van der Waals surface area contributed by atoms with Crippen LogP contribution in [0.1, 0.15) is 25.5 Å². The lowest BCUT2D eigenvalue weighted by Gasteiger charge is -2.25. The summed E-state index contributed by atoms with van der Waals surface area (Å²) in [6.07, 6.45) is 1.03. The molecule has 1 heterocycles. The van der Waals surface area contributed by atoms with Gasteiger partial charge >= 0.3 is 0 Å². The van der Waals surface area contributed by atoms with Crippen molar-refractivity contribution in [2.24, 2.45) is 5.92 Å². The summed E-state index contributed by atoms with van der Waals surface area (Å²) >= 11 is 0. The maximum absolute atomic E-state index is 12.1. The molecule has 0 aliphatic carbocycles. The van der Waals surface area contributed by atoms with Gasteiger partial charge in [-0.05, 0) is 42.3 Å². The van der Waals surface area contributed by atoms with Crippen molar-refractivity contribution in [3.63, 3.8) is 0 Å². The summed E-state index contributed by atoms with van der Waals surface area (Å²) in [7, 11) is 0. The molecule has 3 atom stereocenters. The molecule has 27 heavy (non-hydrogen) atoms. The van der Waals surface area contributed by atoms with Crippen LogP contribution in [0.25, 0.3) is 11.1 Å². The van der Waals surface area contributed by atoms with Crippen LogP contribution in [0, 0.1) is 5.92 Å². The molecule has 2 aromatic carbocycles. The molecule has 1 aromatic heterocycles. The summed E-state index contributed by atoms with van der Waals surface area (Å²) < 4.78 is 5.76. The minimum absolute atomic E-state index is 0.0243. The first kappa shape index (κ1) is 18.9. The number of aromatic nitrogens is 1. The molecule has 0 spiro atoms. The maximum Gasteiger partial charge on any atom is 0.139 e. The van der Waals surface area contributed by atoms with E-state index in [-0.39, 0.29) is 24.2 Å². The zero-order chi connectivity index (χ0) is 19.2. The van der Waals surface area contributed by atoms with Crippen molar-refractivity contribution in [3.05, 3.63) is 78.6 Å². The van der Waals surface area contributed by atoms with Crippen LogP contribution in [0.5, 0.6) is 5.75 Å². The van der Waals surface area contributed by atoms with Gasteiger partial charge in [0.25, 0.3) is 0 Å². The Kier molecular flexibility index (Phi) is 6.09. The van der Waals surface area contributed by atoms with E-state index in [1.54, 1.807) is 13.1 Å². The summed E-state index contributed by atoms with van der Waals surface area (Å²) in [6, 6.07) is 21.6. The van der Waals surface area contributed by atoms with Gasteiger partial charge < -0.3 is 14.8 Å². The van der Waals surface area contributed by atoms with Gasteiger partial charge in [-0.3, -0.25) is 4.79 Å². The van der Waals surface area contributed by atoms with Gasteiger partial charge in [0.05, 0.1) is 12.0 Å². The lowest BCUT2D eigenvalue weighted by Crippen LogP contribution is -2.32. The van der Waals surface area contributed by atoms with E-state index < -0.39 is 6.10 Å². The average molecular weight is 363 g/mol. The van der Waals surface area contributed by atoms with Crippen LogP contribution in [0.15, 0.2) is 72.9 Å². The number of carbonyl (C=O) groups excluding carboxylic acids is 1. The summed E-state index contributed by atoms with van der Waals surface area (Å²) in [6.45, 7) is 3.56. The maximum atomic E-state index is 12.1. The second-order valence-corrected chi connectivity index (χ2v) is 6.84. The molecule has 0 saturated carbocycles. The molecule has 4 nitrogen and oxygen atoms in total. The molecule has 0 bridgehead atoms. The minimum Gasteiger partial charge on any atom is -0.491 e. The summed E-state index contributed by atoms with van der Waals surface area (Å²) in [4.78, 5) is 15.1. The molecule has 0 radical (unpaired) electrons. The lowest BCUT2D eigenvalue weighted by molar-refractivity contribution is -0.120. The molecule has 0 aliphatic rings. The number of Topliss-reactive ketones (excluding diaryl/α,β-unsaturated/α-hetero) is 1. The third-order valence-corrected chi connectivity index (χ3v) is 4.91. The van der Waals surface area contributed by atoms with Crippen LogP contribution < -0.4 is 4.74 Å². The Morgan fingerprint density at radius 1 is 1.00 bits per heavy atom. The van der Waals surface area contributed by atoms with Gasteiger partial charge in [0.1, 0.15) is 18.1 Å². The number of nitrogens with one attached hydrogen (secondary N) is 1. The van der Waals surface area contributed by atoms with Crippen molar-refractivity contribution in [1.29, 1.82) is 0 Å². The second-order valence-electron chi connectivity index (χ2n) is 6.84. The largest absolute Gasteiger partial charge is 0.491 e. The van der Waals surface area contributed by atoms with Gasteiger partial charge in [-0.2, -0.15) is 0 Å². The number of hydrogen-bond donors (Lipinski definition) is 2. The van der Waals surface area contributed by atoms with Gasteiger partial charge in [0.2, 0.25) is 0 Å². The number of carbonyl (C=O) groups is 1. The highest BCUT2D eigenvalue weighted by molar-refractivity contribution is 5.83. The Hall–Kier alpha value is -2.85. The molecule has 0 aliphatic heterocycles. The Morgan fingerprint density at radius 3 is 2.26 bits per heavy atom. The molecule has 0 saturated heterocycles. The van der Waals surface area contributed by atoms with Crippen molar-refractivity contribution >= 4 is 5.78 Å². The predicted octanol–water partition coefficient (Wildman–Crippen LogP) is 4.43. The van der Waals surface area contributed by atoms with E-state index in [1.807, 2.05) is 61.5 Å². The lowest BCUT2D eigenvalue weighted by atomic mass is 9.84. The molecule has 2 N–H and O–H groups in total. The van der Waals surface area contributed by atoms with Gasteiger partial charge in [0.15, 0.2) is 0 Å². The number of aromatic amines is 1. The van der Waals surface area contributed by atoms with Crippen LogP contribution >= 0.6 is 0 Å². The van der Waals surface area contributed by atoms with Crippen molar-refractivity contribution in [2.45, 2.75) is 25.9 Å². The summed E-state index contributed by atoms with van der Waals surface area (Å²) in [5.74, 6) is 0.0835. The van der Waals surface area contributed by atoms with Crippen molar-refractivity contribution < 1.29 is 14.6 Å². The van der Waals surface area contributed by atoms with E-state index in [9.17, 15) is 9.90 Å². The fourth-order valence-corrected chi connectivity index (χ4v) is 3.34. The first-order chi connectivity index (χ1) is 13.1. The number of ether oxygens (including phenoxy) is 1. The molecule has 0 amide bonds. The quantitative estimate of drug-likeness (QED) is 0.622. The molecular weight excluding hydrogens is 338 g/mol. The third kappa shape index (κ3) is 4.66. The Labute approximate surface area is 159 Å². The minimum atomic E-state index is -0.754. The average Bonchev–Trinajstić information content (AvgIpc) is 3.21. The van der Waals surface area contributed by atoms with Crippen molar-refractivity contribution in [1.82, 2.24) is 4.98 Å². The van der Waals surface area contributed by atoms with Gasteiger partial charge in [-0.15, -0.1) is 0 Å². The van der Waals surface area contributed by atoms with E-state index in [0.29, 0.717) is 5.75 Å². The highest BCUT2D eigenvalue weighted by Crippen LogP contribution is 2.28. The zero-order valence-corrected chi connectivity index (χ0v) is 15.6. The Morgan fingerprint density at radius 2 is 1.67 bits per heavy atom. The van der Waals surface area contributed by atoms with Crippen LogP contribution in [-0.4, -0.2) is 28.6 Å². The van der Waals surface area contributed by atoms with Crippen LogP contribution in [0.4, 0.5) is 0 Å². The summed E-state index contributed by atoms with van der Waals surface area (Å²) in [5, 5.41) is 10.5. The van der Waals surface area contributed by atoms with Crippen LogP contribution in [0.2, 0.25) is 0 Å². The van der Waals surface area contributed by atoms with Gasteiger partial charge in [0, 0.05) is 17.8 Å². The molecule has 3 rings (SSSR count). The number of aliphatic hydroxyl groups excluding tert-OH is 1. The number of benzene rings is 2. The van der Waals surface area contributed by atoms with E-state index >= 15 is 0 Å². The van der Waals surface area contributed by atoms with Crippen molar-refractivity contribution in [3.8, 4) is 16.9 Å². The number of H-pyrrole nitrogens is 1. The smallest absolute Gasteiger partial charge is 0.139 e. The van der Waals surface area contributed by atoms with Crippen LogP contribution in [-0.2, 0) is 4.79 Å². The Bertz CT molecular complexity index is 841. The zero-order valence-electron chi connectivity index (χ0n) is 15.6. The molecular formula is C23H25NO3. The fourth-order valence-electron chi connectivity index (χ4n) is 3.34. The number of ketones is 1. The molecule has 140 valence electrons. The Balaban J connectivity index is 1.61. The van der Waals surface area contributed by atoms with E-state index in [0.717, 1.165) is 16.8 Å². The molecule has 4 heteroatoms. The number of rotatable bonds is 8. The summed E-state index contributed by atoms with van der Waals surface area (Å²) in [5.41, 5.74) is 3.08. The first-order valence-electron chi connectivity index (χ1n) is 9.16. The topological polar surface area (TPSA) is 62.3 Å². The highest BCUT2D eigenvalue weighted by Gasteiger charge is 2.30. The monoisotopic (exact) mass is 363 g/mol. The molecule has 3 aromatic rings. The van der Waals surface area contributed by atoms with E-state index in [1.165, 1.54) is 0 Å². The van der Waals surface area contributed by atoms with Crippen molar-refractivity contribution in [2.75, 3.05) is 6.61 Å². The number of aliphatic hydroxyl groups is 1. The first-order valence-corrected chi connectivity index (χ1v) is 9.16. The SMILES string of the molecule is CC(=O)C(c1ccc[nH]1)C(C)C(O)COc1ccc(-c2ccccc2)cc1. The molecule has 3 unspecified atom stereocenters. The van der Waals surface area contributed by atoms with Gasteiger partial charge in [-0.25, -0.2) is 0 Å².